The number of aromatic amines is 1. The van der Waals surface area contributed by atoms with Crippen molar-refractivity contribution in [3.8, 4) is 22.6 Å². The zero-order valence-electron chi connectivity index (χ0n) is 20.2. The second kappa shape index (κ2) is 11.1. The average Bonchev–Trinajstić information content (AvgIpc) is 3.59. The molecule has 5 rings (SSSR count). The quantitative estimate of drug-likeness (QED) is 0.104. The number of carbonyl (C=O) groups excluding carboxylic acids is 2. The molecule has 0 saturated carbocycles. The highest BCUT2D eigenvalue weighted by atomic mass is 35.5. The van der Waals surface area contributed by atoms with Crippen LogP contribution >= 0.6 is 11.6 Å². The number of esters is 1. The molecular weight excluding hydrogens is 506 g/mol. The van der Waals surface area contributed by atoms with Gasteiger partial charge in [-0.3, -0.25) is 4.79 Å². The summed E-state index contributed by atoms with van der Waals surface area (Å²) in [5.41, 5.74) is 5.77. The third kappa shape index (κ3) is 5.16. The Bertz CT molecular complexity index is 1640. The topological polar surface area (TPSA) is 106 Å². The van der Waals surface area contributed by atoms with E-state index >= 15 is 0 Å². The van der Waals surface area contributed by atoms with E-state index in [1.165, 1.54) is 18.5 Å². The molecule has 5 aromatic rings. The summed E-state index contributed by atoms with van der Waals surface area (Å²) >= 11 is 6.47. The van der Waals surface area contributed by atoms with Crippen molar-refractivity contribution >= 4 is 40.6 Å². The number of amides is 1. The summed E-state index contributed by atoms with van der Waals surface area (Å²) in [6.45, 7) is 2.17. The lowest BCUT2D eigenvalue weighted by Crippen LogP contribution is -2.19. The van der Waals surface area contributed by atoms with Gasteiger partial charge >= 0.3 is 5.97 Å². The van der Waals surface area contributed by atoms with Crippen LogP contribution in [0.2, 0.25) is 5.02 Å². The minimum atomic E-state index is -0.641. The zero-order valence-corrected chi connectivity index (χ0v) is 21.0. The first-order valence-corrected chi connectivity index (χ1v) is 12.1. The van der Waals surface area contributed by atoms with Crippen molar-refractivity contribution in [2.75, 3.05) is 6.61 Å². The van der Waals surface area contributed by atoms with Gasteiger partial charge in [-0.2, -0.15) is 5.10 Å². The maximum atomic E-state index is 13.2. The van der Waals surface area contributed by atoms with E-state index in [0.717, 1.165) is 16.5 Å². The molecule has 0 spiro atoms. The lowest BCUT2D eigenvalue weighted by molar-refractivity contribution is 0.0695. The van der Waals surface area contributed by atoms with Gasteiger partial charge in [0.25, 0.3) is 5.91 Å². The predicted molar refractivity (Wildman–Crippen MR) is 145 cm³/mol. The summed E-state index contributed by atoms with van der Waals surface area (Å²) in [4.78, 5) is 28.6. The number of ether oxygens (including phenoxy) is 2. The van der Waals surface area contributed by atoms with Gasteiger partial charge < -0.3 is 18.9 Å². The van der Waals surface area contributed by atoms with Crippen LogP contribution in [-0.4, -0.2) is 29.7 Å². The molecule has 0 aliphatic carbocycles. The van der Waals surface area contributed by atoms with E-state index in [-0.39, 0.29) is 11.5 Å². The molecule has 0 aliphatic heterocycles. The zero-order chi connectivity index (χ0) is 26.5. The first-order chi connectivity index (χ1) is 18.5. The number of H-pyrrole nitrogens is 1. The molecule has 0 atom stereocenters. The minimum Gasteiger partial charge on any atom is -0.490 e. The fraction of sp³-hybridized carbons (Fsp3) is 0.0690. The Balaban J connectivity index is 1.37. The fourth-order valence-corrected chi connectivity index (χ4v) is 4.21. The Hall–Kier alpha value is -4.82. The number of halogens is 1. The molecule has 0 radical (unpaired) electrons. The first-order valence-electron chi connectivity index (χ1n) is 11.8. The third-order valence-corrected chi connectivity index (χ3v) is 5.98. The summed E-state index contributed by atoms with van der Waals surface area (Å²) < 4.78 is 16.1. The molecule has 2 N–H and O–H groups in total. The van der Waals surface area contributed by atoms with E-state index in [1.807, 2.05) is 49.4 Å². The third-order valence-electron chi connectivity index (χ3n) is 5.65. The number of aromatic nitrogens is 1. The molecule has 8 nitrogen and oxygen atoms in total. The Kier molecular flexibility index (Phi) is 7.24. The van der Waals surface area contributed by atoms with Crippen LogP contribution < -0.4 is 14.9 Å². The lowest BCUT2D eigenvalue weighted by atomic mass is 10.0. The summed E-state index contributed by atoms with van der Waals surface area (Å²) in [6.07, 6.45) is 2.86. The first kappa shape index (κ1) is 24.9. The number of hydrogen-bond donors (Lipinski definition) is 2. The lowest BCUT2D eigenvalue weighted by Gasteiger charge is -2.10. The van der Waals surface area contributed by atoms with Gasteiger partial charge in [0.2, 0.25) is 5.76 Å². The molecular formula is C29H22ClN3O5. The van der Waals surface area contributed by atoms with Crippen LogP contribution in [0.4, 0.5) is 0 Å². The van der Waals surface area contributed by atoms with E-state index < -0.39 is 11.9 Å². The van der Waals surface area contributed by atoms with E-state index in [9.17, 15) is 9.59 Å². The molecule has 2 heterocycles. The van der Waals surface area contributed by atoms with Crippen LogP contribution in [0, 0.1) is 0 Å². The summed E-state index contributed by atoms with van der Waals surface area (Å²) in [7, 11) is 0. The number of fused-ring (bicyclic) bond motifs is 1. The maximum absolute atomic E-state index is 13.2. The van der Waals surface area contributed by atoms with Gasteiger partial charge in [0.05, 0.1) is 19.1 Å². The monoisotopic (exact) mass is 527 g/mol. The number of nitrogens with one attached hydrogen (secondary N) is 2. The van der Waals surface area contributed by atoms with Crippen molar-refractivity contribution in [3.05, 3.63) is 107 Å². The number of para-hydroxylation sites is 1. The highest BCUT2D eigenvalue weighted by molar-refractivity contribution is 6.34. The predicted octanol–water partition coefficient (Wildman–Crippen LogP) is 6.46. The van der Waals surface area contributed by atoms with Crippen LogP contribution in [0.25, 0.3) is 22.0 Å². The van der Waals surface area contributed by atoms with Gasteiger partial charge in [0, 0.05) is 27.1 Å². The molecule has 0 unspecified atom stereocenters. The average molecular weight is 528 g/mol. The van der Waals surface area contributed by atoms with Gasteiger partial charge in [0.15, 0.2) is 11.5 Å². The minimum absolute atomic E-state index is 0.0777. The Morgan fingerprint density at radius 1 is 1.03 bits per heavy atom. The molecule has 9 heteroatoms. The number of furan rings is 1. The Morgan fingerprint density at radius 3 is 2.63 bits per heavy atom. The van der Waals surface area contributed by atoms with E-state index in [0.29, 0.717) is 34.2 Å². The Labute approximate surface area is 222 Å². The van der Waals surface area contributed by atoms with Crippen molar-refractivity contribution in [2.24, 2.45) is 5.10 Å². The van der Waals surface area contributed by atoms with Gasteiger partial charge in [0.1, 0.15) is 5.69 Å². The largest absolute Gasteiger partial charge is 0.490 e. The molecule has 0 fully saturated rings. The van der Waals surface area contributed by atoms with Crippen LogP contribution in [0.15, 0.2) is 94.6 Å². The van der Waals surface area contributed by atoms with Crippen LogP contribution in [0.3, 0.4) is 0 Å². The summed E-state index contributed by atoms with van der Waals surface area (Å²) in [5.74, 6) is -0.413. The standard InChI is InChI=1S/C29H22ClN3O5/c1-2-36-25-16-18(13-14-23(25)38-29(35)24-12-7-15-37-24)17-31-33-28(34)27-26(19-8-3-5-10-21(19)30)20-9-4-6-11-22(20)32-27/h3-17,32H,2H2,1H3,(H,33,34). The number of nitrogens with zero attached hydrogens (tertiary/aromatic N) is 1. The molecule has 38 heavy (non-hydrogen) atoms. The normalized spacial score (nSPS) is 11.1. The summed E-state index contributed by atoms with van der Waals surface area (Å²) in [5, 5.41) is 5.53. The molecule has 2 aromatic heterocycles. The van der Waals surface area contributed by atoms with E-state index in [2.05, 4.69) is 15.5 Å². The number of hydrazone groups is 1. The SMILES string of the molecule is CCOc1cc(C=NNC(=O)c2[nH]c3ccccc3c2-c2ccccc2Cl)ccc1OC(=O)c1ccco1. The molecule has 1 amide bonds. The molecule has 190 valence electrons. The van der Waals surface area contributed by atoms with Crippen molar-refractivity contribution < 1.29 is 23.5 Å². The Morgan fingerprint density at radius 2 is 1.84 bits per heavy atom. The van der Waals surface area contributed by atoms with Crippen LogP contribution in [0.5, 0.6) is 11.5 Å². The van der Waals surface area contributed by atoms with Gasteiger partial charge in [-0.25, -0.2) is 10.2 Å². The molecule has 0 bridgehead atoms. The van der Waals surface area contributed by atoms with Gasteiger partial charge in [-0.05, 0) is 55.0 Å². The highest BCUT2D eigenvalue weighted by Gasteiger charge is 2.20. The number of rotatable bonds is 8. The van der Waals surface area contributed by atoms with Gasteiger partial charge in [-0.15, -0.1) is 0 Å². The van der Waals surface area contributed by atoms with Crippen LogP contribution in [0.1, 0.15) is 33.5 Å². The maximum Gasteiger partial charge on any atom is 0.379 e. The van der Waals surface area contributed by atoms with Crippen molar-refractivity contribution in [3.63, 3.8) is 0 Å². The van der Waals surface area contributed by atoms with E-state index in [1.54, 1.807) is 30.3 Å². The smallest absolute Gasteiger partial charge is 0.379 e. The van der Waals surface area contributed by atoms with E-state index in [4.69, 9.17) is 25.5 Å². The molecule has 0 saturated heterocycles. The van der Waals surface area contributed by atoms with Gasteiger partial charge in [-0.1, -0.05) is 48.0 Å². The number of benzene rings is 3. The van der Waals surface area contributed by atoms with Crippen LogP contribution in [-0.2, 0) is 0 Å². The van der Waals surface area contributed by atoms with Crippen molar-refractivity contribution in [2.45, 2.75) is 6.92 Å². The van der Waals surface area contributed by atoms with Crippen molar-refractivity contribution in [1.29, 1.82) is 0 Å². The summed E-state index contributed by atoms with van der Waals surface area (Å²) in [6, 6.07) is 23.0. The van der Waals surface area contributed by atoms with Crippen molar-refractivity contribution in [1.82, 2.24) is 10.4 Å². The fourth-order valence-electron chi connectivity index (χ4n) is 3.98. The second-order valence-corrected chi connectivity index (χ2v) is 8.51. The highest BCUT2D eigenvalue weighted by Crippen LogP contribution is 2.36. The second-order valence-electron chi connectivity index (χ2n) is 8.11. The molecule has 0 aliphatic rings. The molecule has 3 aromatic carbocycles. The number of hydrogen-bond acceptors (Lipinski definition) is 6. The number of carbonyl (C=O) groups is 2.